The van der Waals surface area contributed by atoms with Crippen LogP contribution in [0.5, 0.6) is 0 Å². The Hall–Kier alpha value is -1.36. The van der Waals surface area contributed by atoms with Crippen LogP contribution >= 0.6 is 15.9 Å². The maximum Gasteiger partial charge on any atom is 0.330 e. The topological polar surface area (TPSA) is 55.4 Å². The highest BCUT2D eigenvalue weighted by atomic mass is 79.9. The third-order valence-corrected chi connectivity index (χ3v) is 2.93. The van der Waals surface area contributed by atoms with Crippen LogP contribution in [0, 0.1) is 0 Å². The van der Waals surface area contributed by atoms with E-state index in [4.69, 9.17) is 0 Å². The van der Waals surface area contributed by atoms with Crippen LogP contribution in [-0.4, -0.2) is 24.5 Å². The first kappa shape index (κ1) is 13.7. The lowest BCUT2D eigenvalue weighted by molar-refractivity contribution is -0.146. The fourth-order valence-electron chi connectivity index (χ4n) is 1.30. The molecule has 0 radical (unpaired) electrons. The van der Waals surface area contributed by atoms with E-state index in [1.807, 2.05) is 6.07 Å². The van der Waals surface area contributed by atoms with Gasteiger partial charge in [0, 0.05) is 4.47 Å². The molecule has 17 heavy (non-hydrogen) atoms. The first-order valence-electron chi connectivity index (χ1n) is 5.04. The number of nitrogens with one attached hydrogen (secondary N) is 1. The van der Waals surface area contributed by atoms with Crippen molar-refractivity contribution in [3.05, 3.63) is 34.3 Å². The van der Waals surface area contributed by atoms with Crippen LogP contribution < -0.4 is 5.32 Å². The number of rotatable bonds is 3. The Bertz CT molecular complexity index is 443. The number of hydrogen-bond acceptors (Lipinski definition) is 3. The monoisotopic (exact) mass is 299 g/mol. The quantitative estimate of drug-likeness (QED) is 0.870. The van der Waals surface area contributed by atoms with Crippen molar-refractivity contribution >= 4 is 27.8 Å². The normalized spacial score (nSPS) is 10.8. The molecule has 1 amide bonds. The van der Waals surface area contributed by atoms with Crippen LogP contribution in [-0.2, 0) is 9.53 Å². The van der Waals surface area contributed by atoms with Crippen LogP contribution in [0.3, 0.4) is 0 Å². The van der Waals surface area contributed by atoms with E-state index < -0.39 is 11.5 Å². The van der Waals surface area contributed by atoms with Gasteiger partial charge in [-0.25, -0.2) is 4.79 Å². The first-order valence-corrected chi connectivity index (χ1v) is 5.83. The second-order valence-corrected chi connectivity index (χ2v) is 4.90. The van der Waals surface area contributed by atoms with E-state index in [1.165, 1.54) is 7.11 Å². The average Bonchev–Trinajstić information content (AvgIpc) is 2.27. The fourth-order valence-corrected chi connectivity index (χ4v) is 1.77. The number of hydrogen-bond donors (Lipinski definition) is 1. The second-order valence-electron chi connectivity index (χ2n) is 4.05. The molecule has 0 atom stereocenters. The molecule has 1 aromatic rings. The van der Waals surface area contributed by atoms with Crippen molar-refractivity contribution in [3.8, 4) is 0 Å². The molecule has 0 unspecified atom stereocenters. The SMILES string of the molecule is COC(=O)C(C)(C)NC(=O)c1ccccc1Br. The van der Waals surface area contributed by atoms with Crippen molar-refractivity contribution < 1.29 is 14.3 Å². The third kappa shape index (κ3) is 3.30. The Kier molecular flexibility index (Phi) is 4.28. The molecule has 0 heterocycles. The maximum atomic E-state index is 12.0. The summed E-state index contributed by atoms with van der Waals surface area (Å²) in [7, 11) is 1.29. The molecule has 0 aliphatic carbocycles. The van der Waals surface area contributed by atoms with Gasteiger partial charge in [-0.15, -0.1) is 0 Å². The third-order valence-electron chi connectivity index (χ3n) is 2.24. The Labute approximate surface area is 108 Å². The fraction of sp³-hybridized carbons (Fsp3) is 0.333. The number of ether oxygens (including phenoxy) is 1. The molecule has 0 spiro atoms. The molecule has 0 aliphatic rings. The highest BCUT2D eigenvalue weighted by Crippen LogP contribution is 2.17. The molecule has 1 rings (SSSR count). The molecular formula is C12H14BrNO3. The summed E-state index contributed by atoms with van der Waals surface area (Å²) in [6.07, 6.45) is 0. The predicted octanol–water partition coefficient (Wildman–Crippen LogP) is 2.13. The molecule has 1 N–H and O–H groups in total. The molecule has 0 aromatic heterocycles. The molecule has 0 aliphatic heterocycles. The maximum absolute atomic E-state index is 12.0. The van der Waals surface area contributed by atoms with Crippen LogP contribution in [0.1, 0.15) is 24.2 Å². The second kappa shape index (κ2) is 5.31. The largest absolute Gasteiger partial charge is 0.467 e. The van der Waals surface area contributed by atoms with Gasteiger partial charge < -0.3 is 10.1 Å². The van der Waals surface area contributed by atoms with E-state index >= 15 is 0 Å². The minimum Gasteiger partial charge on any atom is -0.467 e. The molecule has 0 saturated carbocycles. The summed E-state index contributed by atoms with van der Waals surface area (Å²) in [5.74, 6) is -0.814. The summed E-state index contributed by atoms with van der Waals surface area (Å²) < 4.78 is 5.30. The summed E-state index contributed by atoms with van der Waals surface area (Å²) in [5.41, 5.74) is -0.578. The molecule has 1 aromatic carbocycles. The summed E-state index contributed by atoms with van der Waals surface area (Å²) in [5, 5.41) is 2.62. The average molecular weight is 300 g/mol. The Morgan fingerprint density at radius 1 is 1.29 bits per heavy atom. The number of carbonyl (C=O) groups is 2. The van der Waals surface area contributed by atoms with E-state index in [0.29, 0.717) is 10.0 Å². The van der Waals surface area contributed by atoms with Crippen molar-refractivity contribution in [2.75, 3.05) is 7.11 Å². The summed E-state index contributed by atoms with van der Waals surface area (Å²) in [6.45, 7) is 3.18. The number of halogens is 1. The zero-order valence-corrected chi connectivity index (χ0v) is 11.5. The van der Waals surface area contributed by atoms with Crippen molar-refractivity contribution in [1.29, 1.82) is 0 Å². The van der Waals surface area contributed by atoms with Gasteiger partial charge in [0.1, 0.15) is 5.54 Å². The zero-order valence-electron chi connectivity index (χ0n) is 9.91. The van der Waals surface area contributed by atoms with Gasteiger partial charge in [-0.05, 0) is 41.9 Å². The van der Waals surface area contributed by atoms with E-state index in [-0.39, 0.29) is 5.91 Å². The Morgan fingerprint density at radius 3 is 2.41 bits per heavy atom. The number of esters is 1. The zero-order chi connectivity index (χ0) is 13.1. The highest BCUT2D eigenvalue weighted by Gasteiger charge is 2.31. The summed E-state index contributed by atoms with van der Waals surface area (Å²) >= 11 is 3.28. The van der Waals surface area contributed by atoms with E-state index in [9.17, 15) is 9.59 Å². The van der Waals surface area contributed by atoms with Gasteiger partial charge >= 0.3 is 5.97 Å². The van der Waals surface area contributed by atoms with E-state index in [2.05, 4.69) is 26.0 Å². The molecule has 0 bridgehead atoms. The number of methoxy groups -OCH3 is 1. The molecule has 5 heteroatoms. The molecular weight excluding hydrogens is 286 g/mol. The number of amides is 1. The van der Waals surface area contributed by atoms with Crippen molar-refractivity contribution in [2.24, 2.45) is 0 Å². The van der Waals surface area contributed by atoms with Crippen LogP contribution in [0.15, 0.2) is 28.7 Å². The van der Waals surface area contributed by atoms with E-state index in [1.54, 1.807) is 32.0 Å². The Morgan fingerprint density at radius 2 is 1.88 bits per heavy atom. The van der Waals surface area contributed by atoms with Crippen LogP contribution in [0.2, 0.25) is 0 Å². The molecule has 92 valence electrons. The number of carbonyl (C=O) groups excluding carboxylic acids is 2. The van der Waals surface area contributed by atoms with Gasteiger partial charge in [0.05, 0.1) is 12.7 Å². The smallest absolute Gasteiger partial charge is 0.330 e. The van der Waals surface area contributed by atoms with Crippen molar-refractivity contribution in [1.82, 2.24) is 5.32 Å². The molecule has 4 nitrogen and oxygen atoms in total. The molecule has 0 saturated heterocycles. The minimum absolute atomic E-state index is 0.326. The van der Waals surface area contributed by atoms with Crippen LogP contribution in [0.25, 0.3) is 0 Å². The lowest BCUT2D eigenvalue weighted by atomic mass is 10.1. The highest BCUT2D eigenvalue weighted by molar-refractivity contribution is 9.10. The summed E-state index contributed by atoms with van der Waals surface area (Å²) in [6, 6.07) is 7.00. The van der Waals surface area contributed by atoms with Gasteiger partial charge in [0.15, 0.2) is 0 Å². The molecule has 0 fully saturated rings. The van der Waals surface area contributed by atoms with Crippen molar-refractivity contribution in [2.45, 2.75) is 19.4 Å². The van der Waals surface area contributed by atoms with E-state index in [0.717, 1.165) is 0 Å². The Balaban J connectivity index is 2.87. The lowest BCUT2D eigenvalue weighted by Gasteiger charge is -2.23. The van der Waals surface area contributed by atoms with Gasteiger partial charge in [0.25, 0.3) is 5.91 Å². The lowest BCUT2D eigenvalue weighted by Crippen LogP contribution is -2.50. The van der Waals surface area contributed by atoms with Gasteiger partial charge in [-0.3, -0.25) is 4.79 Å². The minimum atomic E-state index is -1.05. The first-order chi connectivity index (χ1) is 7.88. The standard InChI is InChI=1S/C12H14BrNO3/c1-12(2,11(16)17-3)14-10(15)8-6-4-5-7-9(8)13/h4-7H,1-3H3,(H,14,15). The van der Waals surface area contributed by atoms with Crippen molar-refractivity contribution in [3.63, 3.8) is 0 Å². The van der Waals surface area contributed by atoms with Crippen LogP contribution in [0.4, 0.5) is 0 Å². The van der Waals surface area contributed by atoms with Gasteiger partial charge in [-0.1, -0.05) is 12.1 Å². The van der Waals surface area contributed by atoms with Gasteiger partial charge in [0.2, 0.25) is 0 Å². The number of benzene rings is 1. The summed E-state index contributed by atoms with van der Waals surface area (Å²) in [4.78, 5) is 23.4. The van der Waals surface area contributed by atoms with Gasteiger partial charge in [-0.2, -0.15) is 0 Å². The predicted molar refractivity (Wildman–Crippen MR) is 67.7 cm³/mol.